The van der Waals surface area contributed by atoms with Gasteiger partial charge in [-0.3, -0.25) is 5.84 Å². The first kappa shape index (κ1) is 14.6. The molecule has 0 spiro atoms. The van der Waals surface area contributed by atoms with Gasteiger partial charge >= 0.3 is 0 Å². The van der Waals surface area contributed by atoms with Crippen molar-refractivity contribution in [3.05, 3.63) is 70.0 Å². The van der Waals surface area contributed by atoms with Gasteiger partial charge in [0.25, 0.3) is 0 Å². The van der Waals surface area contributed by atoms with Gasteiger partial charge in [0.15, 0.2) is 17.5 Å². The minimum absolute atomic E-state index is 0.0277. The van der Waals surface area contributed by atoms with E-state index < -0.39 is 23.5 Å². The predicted molar refractivity (Wildman–Crippen MR) is 71.4 cm³/mol. The zero-order valence-electron chi connectivity index (χ0n) is 11.2. The van der Waals surface area contributed by atoms with Gasteiger partial charge in [-0.2, -0.15) is 0 Å². The lowest BCUT2D eigenvalue weighted by molar-refractivity contribution is 0.433. The van der Waals surface area contributed by atoms with E-state index in [1.807, 2.05) is 32.0 Å². The van der Waals surface area contributed by atoms with Crippen LogP contribution in [-0.2, 0) is 0 Å². The number of rotatable bonds is 3. The Kier molecular flexibility index (Phi) is 4.11. The molecular formula is C15H15F3N2. The molecular weight excluding hydrogens is 265 g/mol. The fourth-order valence-corrected chi connectivity index (χ4v) is 2.18. The van der Waals surface area contributed by atoms with Crippen molar-refractivity contribution >= 4 is 0 Å². The first-order valence-electron chi connectivity index (χ1n) is 6.12. The van der Waals surface area contributed by atoms with Gasteiger partial charge in [0, 0.05) is 5.56 Å². The molecule has 2 aromatic carbocycles. The highest BCUT2D eigenvalue weighted by Gasteiger charge is 2.22. The summed E-state index contributed by atoms with van der Waals surface area (Å²) in [6.45, 7) is 3.73. The molecule has 0 bridgehead atoms. The monoisotopic (exact) mass is 280 g/mol. The third-order valence-corrected chi connectivity index (χ3v) is 3.29. The Morgan fingerprint density at radius 1 is 0.950 bits per heavy atom. The summed E-state index contributed by atoms with van der Waals surface area (Å²) >= 11 is 0. The summed E-state index contributed by atoms with van der Waals surface area (Å²) in [5.74, 6) is 1.54. The van der Waals surface area contributed by atoms with Gasteiger partial charge in [0.05, 0.1) is 6.04 Å². The Morgan fingerprint density at radius 2 is 1.65 bits per heavy atom. The number of benzene rings is 2. The van der Waals surface area contributed by atoms with E-state index in [0.717, 1.165) is 22.8 Å². The van der Waals surface area contributed by atoms with Crippen molar-refractivity contribution in [3.63, 3.8) is 0 Å². The van der Waals surface area contributed by atoms with Crippen LogP contribution in [0.25, 0.3) is 0 Å². The highest BCUT2D eigenvalue weighted by Crippen LogP contribution is 2.28. The summed E-state index contributed by atoms with van der Waals surface area (Å²) in [6.07, 6.45) is 0. The standard InChI is InChI=1S/C15H15F3N2/c1-8-3-4-9(2)11(7-8)15(20-19)10-5-6-12(16)14(18)13(10)17/h3-7,15,20H,19H2,1-2H3. The number of hydrazine groups is 1. The maximum absolute atomic E-state index is 13.9. The van der Waals surface area contributed by atoms with E-state index >= 15 is 0 Å². The summed E-state index contributed by atoms with van der Waals surface area (Å²) < 4.78 is 40.3. The molecule has 0 saturated carbocycles. The van der Waals surface area contributed by atoms with Crippen LogP contribution in [0, 0.1) is 31.3 Å². The van der Waals surface area contributed by atoms with E-state index in [4.69, 9.17) is 5.84 Å². The molecule has 1 atom stereocenters. The number of halogens is 3. The van der Waals surface area contributed by atoms with Crippen molar-refractivity contribution in [2.45, 2.75) is 19.9 Å². The molecule has 0 fully saturated rings. The van der Waals surface area contributed by atoms with Crippen LogP contribution < -0.4 is 11.3 Å². The van der Waals surface area contributed by atoms with Crippen LogP contribution in [0.5, 0.6) is 0 Å². The topological polar surface area (TPSA) is 38.0 Å². The molecule has 0 aliphatic carbocycles. The van der Waals surface area contributed by atoms with Crippen LogP contribution in [0.2, 0.25) is 0 Å². The lowest BCUT2D eigenvalue weighted by Gasteiger charge is -2.20. The van der Waals surface area contributed by atoms with Crippen molar-refractivity contribution in [1.29, 1.82) is 0 Å². The van der Waals surface area contributed by atoms with Crippen molar-refractivity contribution in [2.75, 3.05) is 0 Å². The molecule has 1 unspecified atom stereocenters. The lowest BCUT2D eigenvalue weighted by Crippen LogP contribution is -2.30. The molecule has 2 aromatic rings. The minimum Gasteiger partial charge on any atom is -0.271 e. The van der Waals surface area contributed by atoms with E-state index in [2.05, 4.69) is 5.43 Å². The number of nitrogens with two attached hydrogens (primary N) is 1. The van der Waals surface area contributed by atoms with Crippen LogP contribution in [0.15, 0.2) is 30.3 Å². The Morgan fingerprint density at radius 3 is 2.30 bits per heavy atom. The molecule has 3 N–H and O–H groups in total. The third kappa shape index (κ3) is 2.55. The summed E-state index contributed by atoms with van der Waals surface area (Å²) in [6, 6.07) is 6.95. The van der Waals surface area contributed by atoms with E-state index in [-0.39, 0.29) is 5.56 Å². The molecule has 5 heteroatoms. The SMILES string of the molecule is Cc1ccc(C)c(C(NN)c2ccc(F)c(F)c2F)c1. The smallest absolute Gasteiger partial charge is 0.194 e. The van der Waals surface area contributed by atoms with Gasteiger partial charge < -0.3 is 0 Å². The quantitative estimate of drug-likeness (QED) is 0.514. The lowest BCUT2D eigenvalue weighted by atomic mass is 9.93. The number of aryl methyl sites for hydroxylation is 2. The molecule has 2 rings (SSSR count). The molecule has 0 amide bonds. The first-order chi connectivity index (χ1) is 9.45. The summed E-state index contributed by atoms with van der Waals surface area (Å²) in [7, 11) is 0. The van der Waals surface area contributed by atoms with Crippen LogP contribution in [0.4, 0.5) is 13.2 Å². The predicted octanol–water partition coefficient (Wildman–Crippen LogP) is 3.27. The third-order valence-electron chi connectivity index (χ3n) is 3.29. The Bertz CT molecular complexity index is 641. The van der Waals surface area contributed by atoms with E-state index in [9.17, 15) is 13.2 Å². The average Bonchev–Trinajstić information content (AvgIpc) is 2.43. The summed E-state index contributed by atoms with van der Waals surface area (Å²) in [5, 5.41) is 0. The highest BCUT2D eigenvalue weighted by molar-refractivity contribution is 5.39. The molecule has 2 nitrogen and oxygen atoms in total. The summed E-state index contributed by atoms with van der Waals surface area (Å²) in [4.78, 5) is 0. The molecule has 0 radical (unpaired) electrons. The fraction of sp³-hybridized carbons (Fsp3) is 0.200. The highest BCUT2D eigenvalue weighted by atomic mass is 19.2. The van der Waals surface area contributed by atoms with Gasteiger partial charge in [0.1, 0.15) is 0 Å². The Balaban J connectivity index is 2.58. The zero-order valence-corrected chi connectivity index (χ0v) is 11.2. The summed E-state index contributed by atoms with van der Waals surface area (Å²) in [5.41, 5.74) is 5.00. The maximum atomic E-state index is 13.9. The molecule has 106 valence electrons. The van der Waals surface area contributed by atoms with Crippen molar-refractivity contribution in [2.24, 2.45) is 5.84 Å². The number of hydrogen-bond donors (Lipinski definition) is 2. The van der Waals surface area contributed by atoms with Gasteiger partial charge in [-0.25, -0.2) is 18.6 Å². The normalized spacial score (nSPS) is 12.5. The molecule has 0 heterocycles. The van der Waals surface area contributed by atoms with Crippen molar-refractivity contribution < 1.29 is 13.2 Å². The fourth-order valence-electron chi connectivity index (χ4n) is 2.18. The van der Waals surface area contributed by atoms with Crippen LogP contribution in [0.1, 0.15) is 28.3 Å². The number of nitrogens with one attached hydrogen (secondary N) is 1. The van der Waals surface area contributed by atoms with Crippen LogP contribution in [0.3, 0.4) is 0 Å². The second kappa shape index (κ2) is 5.64. The van der Waals surface area contributed by atoms with Gasteiger partial charge in [-0.15, -0.1) is 0 Å². The van der Waals surface area contributed by atoms with Gasteiger partial charge in [-0.05, 0) is 31.0 Å². The molecule has 0 aliphatic rings. The molecule has 0 saturated heterocycles. The van der Waals surface area contributed by atoms with Crippen LogP contribution in [-0.4, -0.2) is 0 Å². The van der Waals surface area contributed by atoms with Gasteiger partial charge in [-0.1, -0.05) is 29.8 Å². The van der Waals surface area contributed by atoms with Crippen molar-refractivity contribution in [3.8, 4) is 0 Å². The minimum atomic E-state index is -1.49. The Hall–Kier alpha value is -1.85. The molecule has 0 aliphatic heterocycles. The number of hydrogen-bond acceptors (Lipinski definition) is 2. The zero-order chi connectivity index (χ0) is 14.9. The maximum Gasteiger partial charge on any atom is 0.194 e. The van der Waals surface area contributed by atoms with Gasteiger partial charge in [0.2, 0.25) is 0 Å². The molecule has 0 aromatic heterocycles. The second-order valence-corrected chi connectivity index (χ2v) is 4.72. The largest absolute Gasteiger partial charge is 0.271 e. The van der Waals surface area contributed by atoms with Crippen LogP contribution >= 0.6 is 0 Å². The van der Waals surface area contributed by atoms with E-state index in [1.54, 1.807) is 0 Å². The van der Waals surface area contributed by atoms with E-state index in [0.29, 0.717) is 0 Å². The average molecular weight is 280 g/mol. The first-order valence-corrected chi connectivity index (χ1v) is 6.12. The second-order valence-electron chi connectivity index (χ2n) is 4.72. The Labute approximate surface area is 115 Å². The van der Waals surface area contributed by atoms with E-state index in [1.165, 1.54) is 6.07 Å². The molecule has 20 heavy (non-hydrogen) atoms. The van der Waals surface area contributed by atoms with Crippen molar-refractivity contribution in [1.82, 2.24) is 5.43 Å².